The lowest BCUT2D eigenvalue weighted by atomic mass is 10.4. The number of carbonyl (C=O) groups excluding carboxylic acids is 1. The number of carboxylic acids is 1. The molecule has 0 atom stereocenters. The van der Waals surface area contributed by atoms with Crippen LogP contribution in [0, 0.1) is 0 Å². The number of primary amides is 1. The molecule has 88 valence electrons. The third-order valence-electron chi connectivity index (χ3n) is 1.83. The van der Waals surface area contributed by atoms with Crippen LogP contribution < -0.4 is 10.6 Å². The molecule has 6 nitrogen and oxygen atoms in total. The molecule has 0 unspecified atom stereocenters. The Morgan fingerprint density at radius 3 is 2.75 bits per heavy atom. The molecule has 1 aromatic heterocycles. The van der Waals surface area contributed by atoms with Gasteiger partial charge in [0.15, 0.2) is 5.13 Å². The lowest BCUT2D eigenvalue weighted by Crippen LogP contribution is -2.30. The molecule has 0 aliphatic rings. The normalized spacial score (nSPS) is 10.1. The average molecular weight is 243 g/mol. The molecule has 0 aliphatic carbocycles. The Bertz CT molecular complexity index is 391. The zero-order valence-electron chi connectivity index (χ0n) is 8.84. The summed E-state index contributed by atoms with van der Waals surface area (Å²) in [5.41, 5.74) is 5.25. The standard InChI is InChI=1S/C9H13N3O3S/c1-2-3-12(4-7(13)14)9-11-6(5-16-9)8(10)15/h5H,2-4H2,1H3,(H2,10,15)(H,13,14). The maximum Gasteiger partial charge on any atom is 0.323 e. The van der Waals surface area contributed by atoms with Gasteiger partial charge in [-0.15, -0.1) is 11.3 Å². The lowest BCUT2D eigenvalue weighted by Gasteiger charge is -2.18. The molecule has 3 N–H and O–H groups in total. The van der Waals surface area contributed by atoms with Crippen molar-refractivity contribution in [3.63, 3.8) is 0 Å². The highest BCUT2D eigenvalue weighted by Crippen LogP contribution is 2.20. The molecular formula is C9H13N3O3S. The zero-order chi connectivity index (χ0) is 12.1. The summed E-state index contributed by atoms with van der Waals surface area (Å²) < 4.78 is 0. The summed E-state index contributed by atoms with van der Waals surface area (Å²) in [7, 11) is 0. The summed E-state index contributed by atoms with van der Waals surface area (Å²) in [6.07, 6.45) is 0.804. The minimum Gasteiger partial charge on any atom is -0.480 e. The van der Waals surface area contributed by atoms with Crippen molar-refractivity contribution in [3.05, 3.63) is 11.1 Å². The van der Waals surface area contributed by atoms with E-state index in [9.17, 15) is 9.59 Å². The van der Waals surface area contributed by atoms with E-state index in [0.29, 0.717) is 11.7 Å². The molecule has 0 fully saturated rings. The summed E-state index contributed by atoms with van der Waals surface area (Å²) >= 11 is 1.22. The van der Waals surface area contributed by atoms with E-state index in [4.69, 9.17) is 10.8 Å². The molecule has 0 radical (unpaired) electrons. The number of hydrogen-bond donors (Lipinski definition) is 2. The van der Waals surface area contributed by atoms with Crippen LogP contribution in [0.1, 0.15) is 23.8 Å². The number of hydrogen-bond acceptors (Lipinski definition) is 5. The molecule has 0 bridgehead atoms. The highest BCUT2D eigenvalue weighted by molar-refractivity contribution is 7.13. The number of nitrogens with two attached hydrogens (primary N) is 1. The maximum absolute atomic E-state index is 10.8. The number of carboxylic acid groups (broad SMARTS) is 1. The Balaban J connectivity index is 2.83. The Labute approximate surface area is 96.7 Å². The van der Waals surface area contributed by atoms with Crippen molar-refractivity contribution < 1.29 is 14.7 Å². The number of amides is 1. The van der Waals surface area contributed by atoms with Gasteiger partial charge in [-0.25, -0.2) is 4.98 Å². The molecule has 1 amide bonds. The Morgan fingerprint density at radius 1 is 1.62 bits per heavy atom. The van der Waals surface area contributed by atoms with Crippen LogP contribution in [0.15, 0.2) is 5.38 Å². The fourth-order valence-electron chi connectivity index (χ4n) is 1.20. The van der Waals surface area contributed by atoms with Crippen LogP contribution in [0.3, 0.4) is 0 Å². The van der Waals surface area contributed by atoms with Gasteiger partial charge in [0.2, 0.25) is 0 Å². The highest BCUT2D eigenvalue weighted by Gasteiger charge is 2.15. The van der Waals surface area contributed by atoms with Gasteiger partial charge in [0, 0.05) is 11.9 Å². The molecule has 1 heterocycles. The summed E-state index contributed by atoms with van der Waals surface area (Å²) in [6.45, 7) is 2.40. The van der Waals surface area contributed by atoms with Crippen LogP contribution in [-0.2, 0) is 4.79 Å². The molecule has 0 spiro atoms. The minimum absolute atomic E-state index is 0.125. The minimum atomic E-state index is -0.927. The lowest BCUT2D eigenvalue weighted by molar-refractivity contribution is -0.135. The number of aromatic nitrogens is 1. The third kappa shape index (κ3) is 3.20. The molecule has 1 aromatic rings. The summed E-state index contributed by atoms with van der Waals surface area (Å²) in [5.74, 6) is -1.53. The van der Waals surface area contributed by atoms with Gasteiger partial charge in [0.05, 0.1) is 0 Å². The number of nitrogens with zero attached hydrogens (tertiary/aromatic N) is 2. The number of aliphatic carboxylic acids is 1. The fraction of sp³-hybridized carbons (Fsp3) is 0.444. The van der Waals surface area contributed by atoms with E-state index in [-0.39, 0.29) is 12.2 Å². The Hall–Kier alpha value is -1.63. The van der Waals surface area contributed by atoms with E-state index < -0.39 is 11.9 Å². The SMILES string of the molecule is CCCN(CC(=O)O)c1nc(C(N)=O)cs1. The average Bonchev–Trinajstić information content (AvgIpc) is 2.65. The molecular weight excluding hydrogens is 230 g/mol. The van der Waals surface area contributed by atoms with Gasteiger partial charge in [-0.05, 0) is 6.42 Å². The van der Waals surface area contributed by atoms with Gasteiger partial charge >= 0.3 is 5.97 Å². The van der Waals surface area contributed by atoms with Gasteiger partial charge in [-0.1, -0.05) is 6.92 Å². The van der Waals surface area contributed by atoms with E-state index in [1.807, 2.05) is 6.92 Å². The van der Waals surface area contributed by atoms with Gasteiger partial charge < -0.3 is 15.7 Å². The third-order valence-corrected chi connectivity index (χ3v) is 2.74. The summed E-state index contributed by atoms with van der Waals surface area (Å²) in [4.78, 5) is 27.1. The molecule has 0 aliphatic heterocycles. The first-order chi connectivity index (χ1) is 7.54. The molecule has 1 rings (SSSR count). The predicted octanol–water partition coefficient (Wildman–Crippen LogP) is 0.543. The Kier molecular flexibility index (Phi) is 4.24. The van der Waals surface area contributed by atoms with Crippen molar-refractivity contribution in [2.75, 3.05) is 18.0 Å². The van der Waals surface area contributed by atoms with Crippen molar-refractivity contribution in [1.29, 1.82) is 0 Å². The molecule has 0 aromatic carbocycles. The van der Waals surface area contributed by atoms with E-state index in [2.05, 4.69) is 4.98 Å². The van der Waals surface area contributed by atoms with Gasteiger partial charge in [-0.2, -0.15) is 0 Å². The topological polar surface area (TPSA) is 96.5 Å². The quantitative estimate of drug-likeness (QED) is 0.760. The fourth-order valence-corrected chi connectivity index (χ4v) is 2.04. The van der Waals surface area contributed by atoms with Crippen molar-refractivity contribution in [2.24, 2.45) is 5.73 Å². The largest absolute Gasteiger partial charge is 0.480 e. The van der Waals surface area contributed by atoms with E-state index in [1.165, 1.54) is 16.7 Å². The van der Waals surface area contributed by atoms with Crippen LogP contribution >= 0.6 is 11.3 Å². The number of thiazole rings is 1. The molecule has 0 saturated carbocycles. The smallest absolute Gasteiger partial charge is 0.323 e. The van der Waals surface area contributed by atoms with Crippen molar-refractivity contribution >= 4 is 28.3 Å². The zero-order valence-corrected chi connectivity index (χ0v) is 9.66. The van der Waals surface area contributed by atoms with Crippen molar-refractivity contribution in [3.8, 4) is 0 Å². The van der Waals surface area contributed by atoms with E-state index in [1.54, 1.807) is 4.90 Å². The number of carbonyl (C=O) groups is 2. The molecule has 7 heteroatoms. The first-order valence-electron chi connectivity index (χ1n) is 4.76. The number of anilines is 1. The van der Waals surface area contributed by atoms with Crippen LogP contribution in [0.25, 0.3) is 0 Å². The molecule has 16 heavy (non-hydrogen) atoms. The maximum atomic E-state index is 10.8. The number of rotatable bonds is 6. The second kappa shape index (κ2) is 5.45. The Morgan fingerprint density at radius 2 is 2.31 bits per heavy atom. The van der Waals surface area contributed by atoms with Gasteiger partial charge in [0.1, 0.15) is 12.2 Å². The monoisotopic (exact) mass is 243 g/mol. The van der Waals surface area contributed by atoms with Gasteiger partial charge in [-0.3, -0.25) is 9.59 Å². The predicted molar refractivity (Wildman–Crippen MR) is 60.8 cm³/mol. The second-order valence-electron chi connectivity index (χ2n) is 3.19. The van der Waals surface area contributed by atoms with Crippen LogP contribution in [0.5, 0.6) is 0 Å². The highest BCUT2D eigenvalue weighted by atomic mass is 32.1. The first-order valence-corrected chi connectivity index (χ1v) is 5.64. The molecule has 0 saturated heterocycles. The second-order valence-corrected chi connectivity index (χ2v) is 4.03. The van der Waals surface area contributed by atoms with E-state index >= 15 is 0 Å². The van der Waals surface area contributed by atoms with Crippen LogP contribution in [0.4, 0.5) is 5.13 Å². The van der Waals surface area contributed by atoms with Gasteiger partial charge in [0.25, 0.3) is 5.91 Å². The summed E-state index contributed by atoms with van der Waals surface area (Å²) in [5, 5.41) is 10.8. The summed E-state index contributed by atoms with van der Waals surface area (Å²) in [6, 6.07) is 0. The first kappa shape index (κ1) is 12.4. The van der Waals surface area contributed by atoms with Crippen molar-refractivity contribution in [2.45, 2.75) is 13.3 Å². The van der Waals surface area contributed by atoms with Crippen molar-refractivity contribution in [1.82, 2.24) is 4.98 Å². The van der Waals surface area contributed by atoms with E-state index in [0.717, 1.165) is 6.42 Å². The van der Waals surface area contributed by atoms with Crippen LogP contribution in [0.2, 0.25) is 0 Å². The van der Waals surface area contributed by atoms with Crippen LogP contribution in [-0.4, -0.2) is 35.1 Å².